The smallest absolute Gasteiger partial charge is 0.366 e. The molecule has 0 heterocycles. The number of hydrogen-bond acceptors (Lipinski definition) is 1. The Bertz CT molecular complexity index is 964. The molecule has 0 spiro atoms. The van der Waals surface area contributed by atoms with Gasteiger partial charge in [-0.3, -0.25) is 4.79 Å². The average Bonchev–Trinajstić information content (AvgIpc) is 2.57. The summed E-state index contributed by atoms with van der Waals surface area (Å²) in [6.07, 6.45) is -18.7. The Morgan fingerprint density at radius 1 is 0.833 bits per heavy atom. The van der Waals surface area contributed by atoms with E-state index in [0.717, 1.165) is 34.7 Å². The van der Waals surface area contributed by atoms with Gasteiger partial charge >= 0.3 is 24.2 Å². The van der Waals surface area contributed by atoms with Gasteiger partial charge in [-0.05, 0) is 46.4 Å². The number of primary amides is 1. The number of nitrogens with two attached hydrogens (primary N) is 1. The van der Waals surface area contributed by atoms with Crippen molar-refractivity contribution in [2.45, 2.75) is 24.2 Å². The van der Waals surface area contributed by atoms with Crippen LogP contribution in [-0.2, 0) is 11.8 Å². The standard InChI is InChI=1S/C17H8F10INO/c18-14(16(22,23)24,17(25,26)27)7-5-10(15(19,20)21)12(11(28)6-7)8-3-1-2-4-9(8)13(29)30/h1-6H,(H2,29,30). The van der Waals surface area contributed by atoms with E-state index in [4.69, 9.17) is 5.73 Å². The van der Waals surface area contributed by atoms with Crippen molar-refractivity contribution in [1.82, 2.24) is 0 Å². The van der Waals surface area contributed by atoms with Crippen LogP contribution < -0.4 is 5.73 Å². The second-order valence-corrected chi connectivity index (χ2v) is 7.10. The summed E-state index contributed by atoms with van der Waals surface area (Å²) in [5.74, 6) is -1.19. The molecule has 2 nitrogen and oxygen atoms in total. The van der Waals surface area contributed by atoms with Crippen molar-refractivity contribution >= 4 is 28.5 Å². The van der Waals surface area contributed by atoms with Gasteiger partial charge in [0.05, 0.1) is 5.56 Å². The van der Waals surface area contributed by atoms with E-state index >= 15 is 0 Å². The lowest BCUT2D eigenvalue weighted by atomic mass is 9.88. The fraction of sp³-hybridized carbons (Fsp3) is 0.235. The van der Waals surface area contributed by atoms with Crippen LogP contribution in [0.15, 0.2) is 36.4 Å². The highest BCUT2D eigenvalue weighted by molar-refractivity contribution is 14.1. The number of carbonyl (C=O) groups excluding carboxylic acids is 1. The average molecular weight is 559 g/mol. The van der Waals surface area contributed by atoms with Gasteiger partial charge in [0.25, 0.3) is 0 Å². The van der Waals surface area contributed by atoms with Gasteiger partial charge in [0, 0.05) is 20.3 Å². The Labute approximate surface area is 175 Å². The molecule has 2 aromatic rings. The summed E-state index contributed by atoms with van der Waals surface area (Å²) in [5, 5.41) is 0. The molecule has 0 saturated carbocycles. The van der Waals surface area contributed by atoms with Gasteiger partial charge in [0.2, 0.25) is 5.91 Å². The first kappa shape index (κ1) is 24.2. The van der Waals surface area contributed by atoms with E-state index in [0.29, 0.717) is 0 Å². The molecule has 0 bridgehead atoms. The summed E-state index contributed by atoms with van der Waals surface area (Å²) in [7, 11) is 0. The molecule has 0 aliphatic heterocycles. The van der Waals surface area contributed by atoms with Crippen LogP contribution >= 0.6 is 22.6 Å². The molecule has 2 N–H and O–H groups in total. The first-order valence-electron chi connectivity index (χ1n) is 7.55. The Kier molecular flexibility index (Phi) is 6.11. The third kappa shape index (κ3) is 4.07. The lowest BCUT2D eigenvalue weighted by Crippen LogP contribution is -2.50. The molecule has 0 aromatic heterocycles. The third-order valence-electron chi connectivity index (χ3n) is 4.04. The molecule has 13 heteroatoms. The van der Waals surface area contributed by atoms with Crippen molar-refractivity contribution in [2.24, 2.45) is 5.73 Å². The maximum atomic E-state index is 14.3. The zero-order chi connectivity index (χ0) is 23.3. The number of halogens is 11. The van der Waals surface area contributed by atoms with E-state index in [1.165, 1.54) is 12.1 Å². The molecule has 30 heavy (non-hydrogen) atoms. The molecular formula is C17H8F10INO. The van der Waals surface area contributed by atoms with Gasteiger partial charge in [-0.15, -0.1) is 0 Å². The highest BCUT2D eigenvalue weighted by atomic mass is 127. The maximum absolute atomic E-state index is 14.3. The Hall–Kier alpha value is -2.06. The van der Waals surface area contributed by atoms with Crippen molar-refractivity contribution in [1.29, 1.82) is 0 Å². The van der Waals surface area contributed by atoms with E-state index < -0.39 is 67.6 Å². The highest BCUT2D eigenvalue weighted by Crippen LogP contribution is 2.55. The second kappa shape index (κ2) is 7.57. The quantitative estimate of drug-likeness (QED) is 0.345. The molecule has 2 aromatic carbocycles. The van der Waals surface area contributed by atoms with Crippen molar-refractivity contribution in [3.63, 3.8) is 0 Å². The Morgan fingerprint density at radius 3 is 1.77 bits per heavy atom. The second-order valence-electron chi connectivity index (χ2n) is 5.94. The predicted octanol–water partition coefficient (Wildman–Crippen LogP) is 6.37. The molecule has 0 saturated heterocycles. The van der Waals surface area contributed by atoms with Crippen LogP contribution in [0.5, 0.6) is 0 Å². The van der Waals surface area contributed by atoms with E-state index in [1.54, 1.807) is 0 Å². The van der Waals surface area contributed by atoms with E-state index in [2.05, 4.69) is 0 Å². The summed E-state index contributed by atoms with van der Waals surface area (Å²) >= 11 is 1.04. The maximum Gasteiger partial charge on any atom is 0.435 e. The molecule has 0 fully saturated rings. The molecule has 0 unspecified atom stereocenters. The molecule has 1 amide bonds. The summed E-state index contributed by atoms with van der Waals surface area (Å²) < 4.78 is 132. The largest absolute Gasteiger partial charge is 0.435 e. The summed E-state index contributed by atoms with van der Waals surface area (Å²) in [4.78, 5) is 11.5. The fourth-order valence-corrected chi connectivity index (χ4v) is 3.62. The minimum atomic E-state index is -6.59. The molecule has 2 rings (SSSR count). The SMILES string of the molecule is NC(=O)c1ccccc1-c1c(I)cc(C(F)(C(F)(F)F)C(F)(F)F)cc1C(F)(F)F. The van der Waals surface area contributed by atoms with Crippen LogP contribution in [0.25, 0.3) is 11.1 Å². The minimum absolute atomic E-state index is 0.00386. The molecule has 164 valence electrons. The van der Waals surface area contributed by atoms with Crippen LogP contribution in [0.4, 0.5) is 43.9 Å². The zero-order valence-corrected chi connectivity index (χ0v) is 16.3. The van der Waals surface area contributed by atoms with Crippen molar-refractivity contribution in [3.05, 3.63) is 56.7 Å². The van der Waals surface area contributed by atoms with Crippen LogP contribution in [0.3, 0.4) is 0 Å². The Morgan fingerprint density at radius 2 is 1.33 bits per heavy atom. The molecule has 0 aliphatic carbocycles. The van der Waals surface area contributed by atoms with Gasteiger partial charge in [-0.25, -0.2) is 4.39 Å². The predicted molar refractivity (Wildman–Crippen MR) is 93.0 cm³/mol. The van der Waals surface area contributed by atoms with Crippen molar-refractivity contribution in [2.75, 3.05) is 0 Å². The molecule has 0 aliphatic rings. The van der Waals surface area contributed by atoms with Crippen molar-refractivity contribution < 1.29 is 48.7 Å². The van der Waals surface area contributed by atoms with Crippen LogP contribution in [0.1, 0.15) is 21.5 Å². The van der Waals surface area contributed by atoms with Crippen LogP contribution in [0, 0.1) is 3.57 Å². The number of benzene rings is 2. The molecule has 0 atom stereocenters. The molecule has 0 radical (unpaired) electrons. The van der Waals surface area contributed by atoms with E-state index in [1.807, 2.05) is 0 Å². The highest BCUT2D eigenvalue weighted by Gasteiger charge is 2.73. The topological polar surface area (TPSA) is 43.1 Å². The van der Waals surface area contributed by atoms with Gasteiger partial charge < -0.3 is 5.73 Å². The lowest BCUT2D eigenvalue weighted by molar-refractivity contribution is -0.348. The normalized spacial score (nSPS) is 13.4. The summed E-state index contributed by atoms with van der Waals surface area (Å²) in [5.41, 5.74) is -7.11. The van der Waals surface area contributed by atoms with Gasteiger partial charge in [0.1, 0.15) is 0 Å². The molecular weight excluding hydrogens is 551 g/mol. The number of amides is 1. The fourth-order valence-electron chi connectivity index (χ4n) is 2.71. The van der Waals surface area contributed by atoms with Crippen LogP contribution in [-0.4, -0.2) is 18.3 Å². The van der Waals surface area contributed by atoms with Gasteiger partial charge in [-0.2, -0.15) is 39.5 Å². The minimum Gasteiger partial charge on any atom is -0.366 e. The van der Waals surface area contributed by atoms with E-state index in [-0.39, 0.29) is 6.07 Å². The number of carbonyl (C=O) groups is 1. The third-order valence-corrected chi connectivity index (χ3v) is 4.89. The zero-order valence-electron chi connectivity index (χ0n) is 14.1. The number of alkyl halides is 10. The van der Waals surface area contributed by atoms with Gasteiger partial charge in [0.15, 0.2) is 0 Å². The van der Waals surface area contributed by atoms with Crippen molar-refractivity contribution in [3.8, 4) is 11.1 Å². The number of hydrogen-bond donors (Lipinski definition) is 1. The Balaban J connectivity index is 2.98. The monoisotopic (exact) mass is 559 g/mol. The van der Waals surface area contributed by atoms with Crippen LogP contribution in [0.2, 0.25) is 0 Å². The van der Waals surface area contributed by atoms with E-state index in [9.17, 15) is 48.7 Å². The first-order valence-corrected chi connectivity index (χ1v) is 8.63. The lowest BCUT2D eigenvalue weighted by Gasteiger charge is -2.31. The summed E-state index contributed by atoms with van der Waals surface area (Å²) in [6.45, 7) is 0. The number of rotatable bonds is 3. The summed E-state index contributed by atoms with van der Waals surface area (Å²) in [6, 6.07) is 3.85. The van der Waals surface area contributed by atoms with Gasteiger partial charge in [-0.1, -0.05) is 18.2 Å². The first-order chi connectivity index (χ1) is 13.4.